The predicted octanol–water partition coefficient (Wildman–Crippen LogP) is 3.12. The van der Waals surface area contributed by atoms with Crippen LogP contribution in [0.5, 0.6) is 5.75 Å². The van der Waals surface area contributed by atoms with Gasteiger partial charge in [0.15, 0.2) is 0 Å². The molecule has 0 aliphatic rings. The molecule has 0 unspecified atom stereocenters. The smallest absolute Gasteiger partial charge is 0.387 e. The van der Waals surface area contributed by atoms with Crippen LogP contribution < -0.4 is 4.74 Å². The lowest BCUT2D eigenvalue weighted by molar-refractivity contribution is -0.0498. The van der Waals surface area contributed by atoms with E-state index in [1.165, 1.54) is 12.1 Å². The second kappa shape index (κ2) is 4.25. The number of rotatable bonds is 2. The molecule has 74 valence electrons. The maximum atomic E-state index is 11.9. The van der Waals surface area contributed by atoms with Crippen LogP contribution in [0.2, 0.25) is 5.02 Å². The fourth-order valence-electron chi connectivity index (χ4n) is 0.962. The minimum absolute atomic E-state index is 0.00690. The van der Waals surface area contributed by atoms with E-state index in [9.17, 15) is 8.78 Å². The van der Waals surface area contributed by atoms with Gasteiger partial charge >= 0.3 is 6.61 Å². The summed E-state index contributed by atoms with van der Waals surface area (Å²) >= 11 is 5.61. The number of hydrogen-bond acceptors (Lipinski definition) is 2. The van der Waals surface area contributed by atoms with E-state index in [4.69, 9.17) is 16.9 Å². The average Bonchev–Trinajstić information content (AvgIpc) is 2.10. The van der Waals surface area contributed by atoms with Crippen LogP contribution in [-0.2, 0) is 0 Å². The molecule has 0 fully saturated rings. The largest absolute Gasteiger partial charge is 0.433 e. The van der Waals surface area contributed by atoms with Gasteiger partial charge in [-0.15, -0.1) is 0 Å². The predicted molar refractivity (Wildman–Crippen MR) is 47.5 cm³/mol. The Morgan fingerprint density at radius 2 is 2.14 bits per heavy atom. The molecule has 0 aromatic heterocycles. The van der Waals surface area contributed by atoms with Crippen molar-refractivity contribution in [2.45, 2.75) is 13.5 Å². The highest BCUT2D eigenvalue weighted by Gasteiger charge is 2.10. The highest BCUT2D eigenvalue weighted by Crippen LogP contribution is 2.28. The summed E-state index contributed by atoms with van der Waals surface area (Å²) in [4.78, 5) is 0. The summed E-state index contributed by atoms with van der Waals surface area (Å²) in [6.07, 6.45) is 0. The van der Waals surface area contributed by atoms with Gasteiger partial charge in [-0.1, -0.05) is 11.6 Å². The van der Waals surface area contributed by atoms with Crippen molar-refractivity contribution in [3.8, 4) is 11.8 Å². The van der Waals surface area contributed by atoms with Crippen LogP contribution in [0.4, 0.5) is 8.78 Å². The first-order chi connectivity index (χ1) is 6.54. The van der Waals surface area contributed by atoms with E-state index in [-0.39, 0.29) is 10.8 Å². The molecule has 1 rings (SSSR count). The number of benzene rings is 1. The van der Waals surface area contributed by atoms with Crippen molar-refractivity contribution in [3.05, 3.63) is 28.3 Å². The molecule has 5 heteroatoms. The van der Waals surface area contributed by atoms with E-state index >= 15 is 0 Å². The molecule has 2 nitrogen and oxygen atoms in total. The molecule has 1 aromatic rings. The second-order valence-corrected chi connectivity index (χ2v) is 3.00. The molecular weight excluding hydrogens is 212 g/mol. The van der Waals surface area contributed by atoms with Gasteiger partial charge in [0.05, 0.1) is 16.7 Å². The molecule has 0 N–H and O–H groups in total. The molecular formula is C9H6ClF2NO. The Hall–Kier alpha value is -1.34. The van der Waals surface area contributed by atoms with Crippen molar-refractivity contribution in [1.82, 2.24) is 0 Å². The van der Waals surface area contributed by atoms with Gasteiger partial charge in [0.25, 0.3) is 0 Å². The van der Waals surface area contributed by atoms with E-state index in [0.717, 1.165) is 0 Å². The first-order valence-electron chi connectivity index (χ1n) is 3.69. The van der Waals surface area contributed by atoms with Crippen molar-refractivity contribution in [1.29, 1.82) is 5.26 Å². The summed E-state index contributed by atoms with van der Waals surface area (Å²) in [5, 5.41) is 8.62. The van der Waals surface area contributed by atoms with Gasteiger partial charge in [-0.25, -0.2) is 0 Å². The van der Waals surface area contributed by atoms with Crippen molar-refractivity contribution in [2.75, 3.05) is 0 Å². The van der Waals surface area contributed by atoms with Crippen LogP contribution >= 0.6 is 11.6 Å². The van der Waals surface area contributed by atoms with E-state index in [1.54, 1.807) is 6.92 Å². The molecule has 0 atom stereocenters. The Morgan fingerprint density at radius 1 is 1.50 bits per heavy atom. The Balaban J connectivity index is 3.10. The number of hydrogen-bond donors (Lipinski definition) is 0. The summed E-state index contributed by atoms with van der Waals surface area (Å²) in [6.45, 7) is -1.30. The van der Waals surface area contributed by atoms with Gasteiger partial charge in [0.1, 0.15) is 5.75 Å². The number of alkyl halides is 2. The molecule has 0 saturated heterocycles. The molecule has 14 heavy (non-hydrogen) atoms. The molecule has 0 radical (unpaired) electrons. The van der Waals surface area contributed by atoms with Gasteiger partial charge in [-0.05, 0) is 24.6 Å². The van der Waals surface area contributed by atoms with Gasteiger partial charge < -0.3 is 4.74 Å². The van der Waals surface area contributed by atoms with Gasteiger partial charge in [-0.3, -0.25) is 0 Å². The SMILES string of the molecule is Cc1cc(OC(F)F)c(Cl)cc1C#N. The summed E-state index contributed by atoms with van der Waals surface area (Å²) < 4.78 is 27.9. The minimum atomic E-state index is -2.92. The Kier molecular flexibility index (Phi) is 3.26. The number of halogens is 3. The van der Waals surface area contributed by atoms with Crippen molar-refractivity contribution < 1.29 is 13.5 Å². The van der Waals surface area contributed by atoms with Crippen LogP contribution in [0.15, 0.2) is 12.1 Å². The molecule has 0 aliphatic heterocycles. The normalized spacial score (nSPS) is 10.0. The Bertz CT molecular complexity index is 387. The number of aryl methyl sites for hydroxylation is 1. The van der Waals surface area contributed by atoms with Gasteiger partial charge in [-0.2, -0.15) is 14.0 Å². The summed E-state index contributed by atoms with van der Waals surface area (Å²) in [6, 6.07) is 4.50. The van der Waals surface area contributed by atoms with Gasteiger partial charge in [0.2, 0.25) is 0 Å². The van der Waals surface area contributed by atoms with Gasteiger partial charge in [0, 0.05) is 0 Å². The number of ether oxygens (including phenoxy) is 1. The lowest BCUT2D eigenvalue weighted by Crippen LogP contribution is -2.03. The van der Waals surface area contributed by atoms with E-state index in [1.807, 2.05) is 6.07 Å². The molecule has 0 spiro atoms. The standard InChI is InChI=1S/C9H6ClF2NO/c1-5-2-8(14-9(11)12)7(10)3-6(5)4-13/h2-3,9H,1H3. The fourth-order valence-corrected chi connectivity index (χ4v) is 1.17. The van der Waals surface area contributed by atoms with E-state index in [0.29, 0.717) is 11.1 Å². The zero-order chi connectivity index (χ0) is 10.7. The highest BCUT2D eigenvalue weighted by molar-refractivity contribution is 6.32. The topological polar surface area (TPSA) is 33.0 Å². The molecule has 0 amide bonds. The van der Waals surface area contributed by atoms with Crippen molar-refractivity contribution in [3.63, 3.8) is 0 Å². The van der Waals surface area contributed by atoms with Crippen LogP contribution in [0.25, 0.3) is 0 Å². The molecule has 0 bridgehead atoms. The second-order valence-electron chi connectivity index (χ2n) is 2.59. The maximum absolute atomic E-state index is 11.9. The third-order valence-electron chi connectivity index (χ3n) is 1.62. The molecule has 0 aliphatic carbocycles. The van der Waals surface area contributed by atoms with E-state index < -0.39 is 6.61 Å². The Morgan fingerprint density at radius 3 is 2.64 bits per heavy atom. The highest BCUT2D eigenvalue weighted by atomic mass is 35.5. The van der Waals surface area contributed by atoms with Crippen molar-refractivity contribution >= 4 is 11.6 Å². The third kappa shape index (κ3) is 2.33. The minimum Gasteiger partial charge on any atom is -0.433 e. The average molecular weight is 218 g/mol. The number of nitrogens with zero attached hydrogens (tertiary/aromatic N) is 1. The lowest BCUT2D eigenvalue weighted by Gasteiger charge is -2.08. The van der Waals surface area contributed by atoms with Crippen molar-refractivity contribution in [2.24, 2.45) is 0 Å². The van der Waals surface area contributed by atoms with Crippen LogP contribution in [-0.4, -0.2) is 6.61 Å². The number of nitriles is 1. The fraction of sp³-hybridized carbons (Fsp3) is 0.222. The summed E-state index contributed by atoms with van der Waals surface area (Å²) in [7, 11) is 0. The molecule has 0 heterocycles. The first kappa shape index (κ1) is 10.7. The lowest BCUT2D eigenvalue weighted by atomic mass is 10.1. The molecule has 1 aromatic carbocycles. The van der Waals surface area contributed by atoms with E-state index in [2.05, 4.69) is 4.74 Å². The quantitative estimate of drug-likeness (QED) is 0.763. The third-order valence-corrected chi connectivity index (χ3v) is 1.91. The zero-order valence-electron chi connectivity index (χ0n) is 7.22. The zero-order valence-corrected chi connectivity index (χ0v) is 7.98. The monoisotopic (exact) mass is 217 g/mol. The summed E-state index contributed by atoms with van der Waals surface area (Å²) in [5.74, 6) is -0.113. The van der Waals surface area contributed by atoms with Crippen LogP contribution in [0, 0.1) is 18.3 Å². The summed E-state index contributed by atoms with van der Waals surface area (Å²) in [5.41, 5.74) is 0.893. The maximum Gasteiger partial charge on any atom is 0.387 e. The van der Waals surface area contributed by atoms with Crippen LogP contribution in [0.1, 0.15) is 11.1 Å². The van der Waals surface area contributed by atoms with Crippen LogP contribution in [0.3, 0.4) is 0 Å². The molecule has 0 saturated carbocycles. The first-order valence-corrected chi connectivity index (χ1v) is 4.07. The Labute approximate surface area is 84.7 Å².